The van der Waals surface area contributed by atoms with Crippen molar-refractivity contribution < 1.29 is 17.4 Å². The summed E-state index contributed by atoms with van der Waals surface area (Å²) in [4.78, 5) is 12.4. The summed E-state index contributed by atoms with van der Waals surface area (Å²) in [5.74, 6) is 2.85. The highest BCUT2D eigenvalue weighted by Crippen LogP contribution is 2.66. The molecule has 4 saturated carbocycles. The molecule has 0 amide bonds. The number of hydrogen-bond donors (Lipinski definition) is 0. The first-order valence-corrected chi connectivity index (χ1v) is 13.6. The van der Waals surface area contributed by atoms with E-state index >= 15 is 0 Å². The van der Waals surface area contributed by atoms with Crippen molar-refractivity contribution in [3.05, 3.63) is 29.8 Å². The standard InChI is InChI=1S/C26H36O4S/c1-17-4-7-20(8-5-17)31(28,29)30-24-11-10-22-21-9-6-18-16-19(27)12-14-25(18,2)23(21)13-15-26(22,24)3/h4-5,7-8,18,21-24H,6,9-16H2,1-3H3. The molecule has 1 aromatic rings. The molecule has 5 heteroatoms. The lowest BCUT2D eigenvalue weighted by molar-refractivity contribution is -0.140. The van der Waals surface area contributed by atoms with Crippen LogP contribution in [0.5, 0.6) is 0 Å². The van der Waals surface area contributed by atoms with Crippen molar-refractivity contribution in [2.45, 2.75) is 89.6 Å². The zero-order valence-electron chi connectivity index (χ0n) is 19.1. The highest BCUT2D eigenvalue weighted by Gasteiger charge is 2.61. The predicted molar refractivity (Wildman–Crippen MR) is 120 cm³/mol. The van der Waals surface area contributed by atoms with Crippen molar-refractivity contribution in [2.24, 2.45) is 34.5 Å². The molecule has 31 heavy (non-hydrogen) atoms. The summed E-state index contributed by atoms with van der Waals surface area (Å²) in [6.07, 6.45) is 8.75. The van der Waals surface area contributed by atoms with Gasteiger partial charge in [-0.25, -0.2) is 0 Å². The van der Waals surface area contributed by atoms with Crippen LogP contribution in [0, 0.1) is 41.4 Å². The SMILES string of the molecule is Cc1ccc(S(=O)(=O)OC2CCC3C4CCC5CC(=O)CCC5(C)C4CCC23C)cc1. The van der Waals surface area contributed by atoms with Crippen LogP contribution in [0.25, 0.3) is 0 Å². The van der Waals surface area contributed by atoms with Gasteiger partial charge in [0, 0.05) is 12.8 Å². The second-order valence-electron chi connectivity index (χ2n) is 11.4. The molecule has 0 N–H and O–H groups in total. The van der Waals surface area contributed by atoms with E-state index in [0.29, 0.717) is 29.5 Å². The van der Waals surface area contributed by atoms with Crippen LogP contribution < -0.4 is 0 Å². The van der Waals surface area contributed by atoms with E-state index in [2.05, 4.69) is 13.8 Å². The molecule has 0 radical (unpaired) electrons. The molecule has 0 spiro atoms. The lowest BCUT2D eigenvalue weighted by Crippen LogP contribution is -2.54. The van der Waals surface area contributed by atoms with E-state index < -0.39 is 10.1 Å². The summed E-state index contributed by atoms with van der Waals surface area (Å²) in [5.41, 5.74) is 1.25. The van der Waals surface area contributed by atoms with Gasteiger partial charge in [0.05, 0.1) is 11.0 Å². The molecule has 4 nitrogen and oxygen atoms in total. The summed E-state index contributed by atoms with van der Waals surface area (Å²) in [6.45, 7) is 6.69. The number of aryl methyl sites for hydroxylation is 1. The Bertz CT molecular complexity index is 968. The molecule has 0 bridgehead atoms. The van der Waals surface area contributed by atoms with E-state index in [1.165, 1.54) is 6.42 Å². The average molecular weight is 445 g/mol. The molecular formula is C26H36O4S. The van der Waals surface area contributed by atoms with Gasteiger partial charge in [-0.15, -0.1) is 0 Å². The molecule has 0 saturated heterocycles. The molecule has 0 heterocycles. The Morgan fingerprint density at radius 1 is 0.903 bits per heavy atom. The van der Waals surface area contributed by atoms with Crippen molar-refractivity contribution in [1.82, 2.24) is 0 Å². The van der Waals surface area contributed by atoms with E-state index in [0.717, 1.165) is 56.9 Å². The molecular weight excluding hydrogens is 408 g/mol. The summed E-state index contributed by atoms with van der Waals surface area (Å²) >= 11 is 0. The first-order chi connectivity index (χ1) is 14.6. The van der Waals surface area contributed by atoms with Crippen LogP contribution in [-0.4, -0.2) is 20.3 Å². The van der Waals surface area contributed by atoms with Gasteiger partial charge in [-0.05, 0) is 98.5 Å². The molecule has 1 aromatic carbocycles. The van der Waals surface area contributed by atoms with Crippen LogP contribution in [0.2, 0.25) is 0 Å². The fourth-order valence-corrected chi connectivity index (χ4v) is 9.27. The van der Waals surface area contributed by atoms with E-state index in [1.54, 1.807) is 12.1 Å². The fourth-order valence-electron chi connectivity index (χ4n) is 8.07. The molecule has 5 rings (SSSR count). The topological polar surface area (TPSA) is 60.4 Å². The summed E-state index contributed by atoms with van der Waals surface area (Å²) < 4.78 is 32.0. The average Bonchev–Trinajstić information content (AvgIpc) is 3.04. The molecule has 0 aromatic heterocycles. The van der Waals surface area contributed by atoms with Crippen molar-refractivity contribution in [2.75, 3.05) is 0 Å². The van der Waals surface area contributed by atoms with E-state index in [9.17, 15) is 13.2 Å². The van der Waals surface area contributed by atoms with Gasteiger partial charge in [-0.2, -0.15) is 8.42 Å². The van der Waals surface area contributed by atoms with Gasteiger partial charge >= 0.3 is 0 Å². The maximum Gasteiger partial charge on any atom is 0.297 e. The molecule has 4 fully saturated rings. The maximum absolute atomic E-state index is 13.0. The number of ketones is 1. The van der Waals surface area contributed by atoms with E-state index in [1.807, 2.05) is 19.1 Å². The third-order valence-electron chi connectivity index (χ3n) is 9.95. The van der Waals surface area contributed by atoms with Crippen molar-refractivity contribution in [3.63, 3.8) is 0 Å². The van der Waals surface area contributed by atoms with Crippen LogP contribution in [0.15, 0.2) is 29.2 Å². The van der Waals surface area contributed by atoms with Gasteiger partial charge in [0.1, 0.15) is 5.78 Å². The van der Waals surface area contributed by atoms with Crippen LogP contribution >= 0.6 is 0 Å². The van der Waals surface area contributed by atoms with E-state index in [4.69, 9.17) is 4.18 Å². The minimum atomic E-state index is -3.75. The molecule has 7 unspecified atom stereocenters. The monoisotopic (exact) mass is 444 g/mol. The van der Waals surface area contributed by atoms with E-state index in [-0.39, 0.29) is 21.8 Å². The minimum Gasteiger partial charge on any atom is -0.300 e. The molecule has 170 valence electrons. The van der Waals surface area contributed by atoms with Crippen LogP contribution in [0.4, 0.5) is 0 Å². The van der Waals surface area contributed by atoms with Crippen LogP contribution in [-0.2, 0) is 19.1 Å². The van der Waals surface area contributed by atoms with Gasteiger partial charge in [0.25, 0.3) is 10.1 Å². The van der Waals surface area contributed by atoms with Gasteiger partial charge < -0.3 is 0 Å². The zero-order valence-corrected chi connectivity index (χ0v) is 19.9. The zero-order chi connectivity index (χ0) is 22.0. The third kappa shape index (κ3) is 3.42. The number of benzene rings is 1. The number of fused-ring (bicyclic) bond motifs is 5. The highest BCUT2D eigenvalue weighted by atomic mass is 32.2. The van der Waals surface area contributed by atoms with Crippen molar-refractivity contribution in [3.8, 4) is 0 Å². The van der Waals surface area contributed by atoms with Gasteiger partial charge in [-0.3, -0.25) is 8.98 Å². The normalized spacial score (nSPS) is 42.5. The number of carbonyl (C=O) groups excluding carboxylic acids is 1. The van der Waals surface area contributed by atoms with Crippen LogP contribution in [0.3, 0.4) is 0 Å². The minimum absolute atomic E-state index is 0.0768. The number of hydrogen-bond acceptors (Lipinski definition) is 4. The van der Waals surface area contributed by atoms with Crippen LogP contribution in [0.1, 0.15) is 77.2 Å². The number of rotatable bonds is 3. The smallest absolute Gasteiger partial charge is 0.297 e. The number of Topliss-reactive ketones (excluding diaryl/α,β-unsaturated/α-hetero) is 1. The second kappa shape index (κ2) is 7.41. The Kier molecular flexibility index (Phi) is 5.17. The lowest BCUT2D eigenvalue weighted by atomic mass is 9.45. The van der Waals surface area contributed by atoms with Crippen molar-refractivity contribution >= 4 is 15.9 Å². The Morgan fingerprint density at radius 2 is 1.61 bits per heavy atom. The second-order valence-corrected chi connectivity index (χ2v) is 12.9. The Labute approximate surface area is 187 Å². The molecule has 0 aliphatic heterocycles. The Balaban J connectivity index is 1.37. The first kappa shape index (κ1) is 21.6. The Hall–Kier alpha value is -1.20. The fraction of sp³-hybridized carbons (Fsp3) is 0.731. The molecule has 7 atom stereocenters. The molecule has 4 aliphatic carbocycles. The summed E-state index contributed by atoms with van der Waals surface area (Å²) in [5, 5.41) is 0. The highest BCUT2D eigenvalue weighted by molar-refractivity contribution is 7.86. The van der Waals surface area contributed by atoms with Gasteiger partial charge in [-0.1, -0.05) is 31.5 Å². The predicted octanol–water partition coefficient (Wildman–Crippen LogP) is 5.68. The largest absolute Gasteiger partial charge is 0.300 e. The lowest BCUT2D eigenvalue weighted by Gasteiger charge is -2.60. The quantitative estimate of drug-likeness (QED) is 0.563. The maximum atomic E-state index is 13.0. The van der Waals surface area contributed by atoms with Gasteiger partial charge in [0.15, 0.2) is 0 Å². The first-order valence-electron chi connectivity index (χ1n) is 12.2. The summed E-state index contributed by atoms with van der Waals surface area (Å²) in [7, 11) is -3.75. The number of carbonyl (C=O) groups is 1. The molecule has 4 aliphatic rings. The van der Waals surface area contributed by atoms with Crippen molar-refractivity contribution in [1.29, 1.82) is 0 Å². The van der Waals surface area contributed by atoms with Gasteiger partial charge in [0.2, 0.25) is 0 Å². The third-order valence-corrected chi connectivity index (χ3v) is 11.3. The Morgan fingerprint density at radius 3 is 2.35 bits per heavy atom. The summed E-state index contributed by atoms with van der Waals surface area (Å²) in [6, 6.07) is 6.97.